The number of pyridine rings is 1. The van der Waals surface area contributed by atoms with Crippen LogP contribution in [0.3, 0.4) is 0 Å². The highest BCUT2D eigenvalue weighted by atomic mass is 19.1. The molecule has 802 valence electrons. The Kier molecular flexibility index (Phi) is 48.2. The molecular formula is C113H185FN4O23. The number of alkyl halides is 1. The number of piperidine rings is 1. The quantitative estimate of drug-likeness (QED) is 0.0526. The van der Waals surface area contributed by atoms with Gasteiger partial charge >= 0.3 is 17.9 Å². The summed E-state index contributed by atoms with van der Waals surface area (Å²) in [6.45, 7) is 63.5. The van der Waals surface area contributed by atoms with Crippen LogP contribution < -0.4 is 5.32 Å². The number of methoxy groups -OCH3 is 2. The molecule has 7 aliphatic rings. The first-order valence-electron chi connectivity index (χ1n) is 52.5. The van der Waals surface area contributed by atoms with Crippen LogP contribution in [0.4, 0.5) is 4.39 Å². The van der Waals surface area contributed by atoms with Crippen molar-refractivity contribution in [3.05, 3.63) is 102 Å². The van der Waals surface area contributed by atoms with Gasteiger partial charge in [-0.25, -0.2) is 14.2 Å². The number of Topliss-reactive ketones (excluding diaryl/α,β-unsaturated/α-hetero) is 2. The summed E-state index contributed by atoms with van der Waals surface area (Å²) in [4.78, 5) is 92.5. The number of allylic oxidation sites excluding steroid dienone is 2. The number of esters is 3. The van der Waals surface area contributed by atoms with Crippen LogP contribution in [0.1, 0.15) is 297 Å². The molecule has 27 nitrogen and oxygen atoms in total. The number of nitrogens with zero attached hydrogens (tertiary/aromatic N) is 3. The Labute approximate surface area is 845 Å². The number of aromatic nitrogens is 1. The number of amides is 1. The molecule has 7 saturated heterocycles. The van der Waals surface area contributed by atoms with E-state index in [1.165, 1.54) is 13.8 Å². The molecular weight excluding hydrogens is 1800 g/mol. The van der Waals surface area contributed by atoms with Crippen LogP contribution in [0.5, 0.6) is 0 Å². The van der Waals surface area contributed by atoms with Crippen LogP contribution in [0, 0.1) is 76.9 Å². The second-order valence-electron chi connectivity index (χ2n) is 42.4. The third-order valence-corrected chi connectivity index (χ3v) is 32.0. The molecule has 33 atom stereocenters. The van der Waals surface area contributed by atoms with E-state index >= 15 is 4.39 Å². The summed E-state index contributed by atoms with van der Waals surface area (Å²) in [6, 6.07) is 19.4. The molecule has 4 bridgehead atoms. The number of hydrogen-bond donors (Lipinski definition) is 6. The predicted octanol–water partition coefficient (Wildman–Crippen LogP) is 18.7. The zero-order chi connectivity index (χ0) is 107. The van der Waals surface area contributed by atoms with Gasteiger partial charge in [0.25, 0.3) is 5.67 Å². The number of aliphatic hydroxyl groups is 5. The number of nitrogens with one attached hydrogen (secondary N) is 1. The van der Waals surface area contributed by atoms with Crippen LogP contribution in [0.2, 0.25) is 0 Å². The predicted molar refractivity (Wildman–Crippen MR) is 553 cm³/mol. The van der Waals surface area contributed by atoms with Crippen molar-refractivity contribution in [1.29, 1.82) is 0 Å². The largest absolute Gasteiger partial charge is 0.459 e. The highest BCUT2D eigenvalue weighted by molar-refractivity contribution is 6.08. The Morgan fingerprint density at radius 1 is 0.617 bits per heavy atom. The van der Waals surface area contributed by atoms with Gasteiger partial charge in [-0.05, 0) is 199 Å². The third-order valence-electron chi connectivity index (χ3n) is 32.0. The van der Waals surface area contributed by atoms with Crippen molar-refractivity contribution in [3.8, 4) is 0 Å². The maximum Gasteiger partial charge on any atom is 0.351 e. The second kappa shape index (κ2) is 54.4. The molecule has 141 heavy (non-hydrogen) atoms. The van der Waals surface area contributed by atoms with Gasteiger partial charge in [0.15, 0.2) is 17.9 Å². The summed E-state index contributed by atoms with van der Waals surface area (Å²) in [6.07, 6.45) is 5.64. The van der Waals surface area contributed by atoms with Crippen LogP contribution in [-0.2, 0) is 85.6 Å². The lowest BCUT2D eigenvalue weighted by molar-refractivity contribution is -0.307. The lowest BCUT2D eigenvalue weighted by Gasteiger charge is -2.48. The average Bonchev–Trinajstić information content (AvgIpc) is 1.44. The van der Waals surface area contributed by atoms with E-state index in [-0.39, 0.29) is 92.5 Å². The highest BCUT2D eigenvalue weighted by Crippen LogP contribution is 2.50. The molecule has 7 fully saturated rings. The Morgan fingerprint density at radius 2 is 1.18 bits per heavy atom. The minimum atomic E-state index is -2.95. The van der Waals surface area contributed by atoms with Gasteiger partial charge in [0.1, 0.15) is 53.1 Å². The van der Waals surface area contributed by atoms with E-state index in [1.54, 1.807) is 68.9 Å². The maximum absolute atomic E-state index is 16.1. The topological polar surface area (TPSA) is 355 Å². The van der Waals surface area contributed by atoms with E-state index in [0.29, 0.717) is 25.0 Å². The maximum atomic E-state index is 16.1. The van der Waals surface area contributed by atoms with Crippen molar-refractivity contribution in [2.24, 2.45) is 81.9 Å². The number of cyclic esters (lactones) is 3. The fourth-order valence-electron chi connectivity index (χ4n) is 22.2. The Hall–Kier alpha value is -6.55. The zero-order valence-corrected chi connectivity index (χ0v) is 92.6. The molecule has 28 heteroatoms. The number of rotatable bonds is 13. The van der Waals surface area contributed by atoms with E-state index in [9.17, 15) is 54.3 Å². The van der Waals surface area contributed by atoms with Crippen LogP contribution in [-0.4, -0.2) is 261 Å². The van der Waals surface area contributed by atoms with Crippen LogP contribution in [0.15, 0.2) is 95.7 Å². The van der Waals surface area contributed by atoms with Crippen molar-refractivity contribution in [2.75, 3.05) is 60.7 Å². The van der Waals surface area contributed by atoms with Gasteiger partial charge in [-0.2, -0.15) is 0 Å². The number of likely N-dealkylation sites (N-methyl/N-ethyl adjacent to an activating group) is 1. The Morgan fingerprint density at radius 3 is 1.77 bits per heavy atom. The first-order valence-corrected chi connectivity index (χ1v) is 52.5. The lowest BCUT2D eigenvalue weighted by Crippen LogP contribution is -2.59. The fourth-order valence-corrected chi connectivity index (χ4v) is 22.2. The van der Waals surface area contributed by atoms with Gasteiger partial charge in [-0.1, -0.05) is 217 Å². The first-order chi connectivity index (χ1) is 65.9. The molecule has 0 saturated carbocycles. The van der Waals surface area contributed by atoms with Gasteiger partial charge in [-0.3, -0.25) is 29.0 Å². The zero-order valence-electron chi connectivity index (χ0n) is 92.6. The second-order valence-corrected chi connectivity index (χ2v) is 42.4. The van der Waals surface area contributed by atoms with E-state index in [2.05, 4.69) is 47.9 Å². The van der Waals surface area contributed by atoms with Crippen molar-refractivity contribution in [1.82, 2.24) is 15.2 Å². The molecule has 3 aromatic rings. The number of ketones is 2. The number of carbonyl (C=O) groups excluding carboxylic acids is 6. The molecule has 2 aromatic carbocycles. The fraction of sp³-hybridized carbons (Fsp3) is 0.752. The summed E-state index contributed by atoms with van der Waals surface area (Å²) in [5.41, 5.74) is -7.33. The van der Waals surface area contributed by atoms with Gasteiger partial charge < -0.3 is 92.6 Å². The summed E-state index contributed by atoms with van der Waals surface area (Å²) in [5.74, 6) is -9.59. The molecule has 0 radical (unpaired) electrons. The van der Waals surface area contributed by atoms with Crippen LogP contribution in [0.25, 0.3) is 23.1 Å². The highest BCUT2D eigenvalue weighted by Gasteiger charge is 2.59. The van der Waals surface area contributed by atoms with Gasteiger partial charge in [0.05, 0.1) is 90.1 Å². The summed E-state index contributed by atoms with van der Waals surface area (Å²) in [5, 5.41) is 62.3. The number of para-hydroxylation sites is 1. The number of carbonyl (C=O) groups is 6. The number of aliphatic imine (C=N–C) groups is 1. The number of benzene rings is 2. The minimum Gasteiger partial charge on any atom is -0.459 e. The summed E-state index contributed by atoms with van der Waals surface area (Å²) < 4.78 is 92.0. The average molecular weight is 1990 g/mol. The molecule has 6 N–H and O–H groups in total. The number of aliphatic hydroxyl groups excluding tert-OH is 2. The van der Waals surface area contributed by atoms with Crippen molar-refractivity contribution >= 4 is 64.1 Å². The third kappa shape index (κ3) is 30.6. The van der Waals surface area contributed by atoms with E-state index in [4.69, 9.17) is 56.8 Å². The number of fused-ring (bicyclic) bond motifs is 9. The first kappa shape index (κ1) is 125. The molecule has 1 amide bonds. The van der Waals surface area contributed by atoms with Crippen molar-refractivity contribution in [3.63, 3.8) is 0 Å². The lowest BCUT2D eigenvalue weighted by atomic mass is 9.70. The monoisotopic (exact) mass is 1990 g/mol. The molecule has 7 aliphatic heterocycles. The summed E-state index contributed by atoms with van der Waals surface area (Å²) in [7, 11) is 5.16. The standard InChI is InChI=1S/C43H65NO10.C36H50FNO7.C28H52N2O6.3C2H6/c1-13-34-43(10,48)39(51-20-16-17-31-21-32-18-14-15-19-33(32)44-24-31)27(4)36(45)25(2)22-41(8,49-11)29(6)26(3)37(28(5)40(47)53-34)54-35-23-42(9,50-12)38(46)30(7)52-35;1-10-29-36(9,42)32-24(4)30(38-26(6)39)22(2)19-34(7,25(5)23(3)31(40)35(8,37)33(41)45-29)44-21-28(20-43-32)18-14-17-27-15-12-11-13-16-27;1-10-22-27(8,33)24(31)21(6)30(9)16-17(2)15-26(7)20(5)18(3)23(19(4)25(32)34-22)35-28(36-26)11-13-29-14-12-28;3*1-2/h14-19,21,24-30,34-35,37-39,46,48H,13,20,22-23H2,1-12H3;11-18,22-25,29,32,42H,10,19-21H2,1-9H3;17-24,29,31,33H,10-16H2,1-9H3;3*1-2H3/b17-16+;17-14+,28-18+,38-30?;;;;/t25-,26-,27+,28-,29-,30+,34-,35+,37+,38+,39-,41-,42-,43-;22-,23-,24+,25-,29-,32-,34-,35+,36-;17-,18-,19-,20-,21-,22-,23+,24-,26+,27-;;;/m111.../s1. The van der Waals surface area contributed by atoms with E-state index < -0.39 is 183 Å². The smallest absolute Gasteiger partial charge is 0.351 e. The van der Waals surface area contributed by atoms with Crippen molar-refractivity contribution in [2.45, 2.75) is 410 Å². The minimum absolute atomic E-state index is 0.0379. The molecule has 1 aromatic heterocycles. The molecule has 10 rings (SSSR count). The Balaban J connectivity index is 0.000000369. The number of hydrogen-bond acceptors (Lipinski definition) is 26. The normalized spacial score (nSPS) is 40.3. The SMILES string of the molecule is CC.CC.CC.CC[C@H]1OC(=O)[C@@](C)(F)C(=O)[C@H](C)[C@@H](C)[C@@]2(C)C[C@@H](C)C(=NC(C)=O)[C@H](C)[C@@H](OC/C(=C\C=C\c3ccccc3)CO2)[C@]1(C)O.CC[C@H]1OC(=O)[C@H](C)[C@@H](O[C@H]2C[C@@](C)(OC)[C@@H](O)[C@H](C)O2)[C@H](C)[C@@H](C)[C@](C)(OC)C[C@@H](C)C(=O)[C@H](C)[C@@H](OC/C=C/c2cnc3ccccc3c2)[C@]1(C)O.CC[C@H]1OC(=O)[C@H](C)[C@H]2OC3(CCNCC3)O[C@@](C)(C[C@@H](C)CN(C)[C@H](C)[C@@H](O)[C@]1(C)O)[C@H](C)[C@H]2C. The molecule has 1 spiro atoms. The van der Waals surface area contributed by atoms with E-state index in [1.807, 2.05) is 230 Å². The molecule has 0 unspecified atom stereocenters. The summed E-state index contributed by atoms with van der Waals surface area (Å²) >= 11 is 0. The van der Waals surface area contributed by atoms with Gasteiger partial charge in [-0.15, -0.1) is 0 Å². The number of halogens is 1. The van der Waals surface area contributed by atoms with Gasteiger partial charge in [0.2, 0.25) is 5.91 Å². The van der Waals surface area contributed by atoms with Crippen molar-refractivity contribution < 1.29 is 116 Å². The Bertz CT molecular complexity index is 4540. The molecule has 8 heterocycles. The molecule has 0 aliphatic carbocycles. The number of ether oxygens (including phenoxy) is 12. The van der Waals surface area contributed by atoms with Gasteiger partial charge in [0, 0.05) is 107 Å². The van der Waals surface area contributed by atoms with E-state index in [0.717, 1.165) is 73.4 Å². The van der Waals surface area contributed by atoms with Crippen LogP contribution >= 0.6 is 0 Å².